The molecule has 3 rings (SSSR count). The minimum absolute atomic E-state index is 0.133. The maximum Gasteiger partial charge on any atom is 0.326 e. The number of aromatic nitrogens is 1. The van der Waals surface area contributed by atoms with Crippen LogP contribution in [0.1, 0.15) is 95.4 Å². The van der Waals surface area contributed by atoms with E-state index in [0.29, 0.717) is 12.8 Å². The van der Waals surface area contributed by atoms with Gasteiger partial charge >= 0.3 is 5.97 Å². The van der Waals surface area contributed by atoms with Crippen molar-refractivity contribution in [2.24, 2.45) is 0 Å². The maximum absolute atomic E-state index is 12.5. The van der Waals surface area contributed by atoms with Gasteiger partial charge in [0, 0.05) is 29.1 Å². The zero-order valence-corrected chi connectivity index (χ0v) is 19.2. The number of amides is 1. The monoisotopic (exact) mass is 426 g/mol. The standard InChI is InChI=1S/C26H38N2O3/c1-3-5-6-7-8-9-10-15-25(29)27-19-16-17-24-21(18-19)20-13-11-12-14-23(20)28(24)22(4-2)26(30)31/h11-14,19,22H,3-10,15-18H2,1-2H3,(H,27,29)(H,30,31). The lowest BCUT2D eigenvalue weighted by Crippen LogP contribution is -2.39. The van der Waals surface area contributed by atoms with Crippen molar-refractivity contribution in [3.05, 3.63) is 35.5 Å². The van der Waals surface area contributed by atoms with Crippen LogP contribution >= 0.6 is 0 Å². The Bertz CT molecular complexity index is 886. The molecular formula is C26H38N2O3. The zero-order chi connectivity index (χ0) is 22.2. The molecule has 2 aromatic rings. The van der Waals surface area contributed by atoms with Gasteiger partial charge in [0.05, 0.1) is 0 Å². The van der Waals surface area contributed by atoms with Gasteiger partial charge < -0.3 is 15.0 Å². The number of aliphatic carboxylic acids is 1. The van der Waals surface area contributed by atoms with Crippen LogP contribution in [0.5, 0.6) is 0 Å². The van der Waals surface area contributed by atoms with Gasteiger partial charge in [-0.3, -0.25) is 4.79 Å². The third-order valence-corrected chi connectivity index (χ3v) is 6.66. The summed E-state index contributed by atoms with van der Waals surface area (Å²) in [6.45, 7) is 4.15. The molecule has 0 radical (unpaired) electrons. The lowest BCUT2D eigenvalue weighted by atomic mass is 9.91. The van der Waals surface area contributed by atoms with Gasteiger partial charge in [-0.2, -0.15) is 0 Å². The molecule has 2 unspecified atom stereocenters. The van der Waals surface area contributed by atoms with Gasteiger partial charge in [0.25, 0.3) is 0 Å². The van der Waals surface area contributed by atoms with Crippen molar-refractivity contribution in [2.75, 3.05) is 0 Å². The van der Waals surface area contributed by atoms with Crippen LogP contribution in [0.2, 0.25) is 0 Å². The van der Waals surface area contributed by atoms with E-state index >= 15 is 0 Å². The Morgan fingerprint density at radius 1 is 1.10 bits per heavy atom. The summed E-state index contributed by atoms with van der Waals surface area (Å²) in [5.74, 6) is -0.626. The second-order valence-corrected chi connectivity index (χ2v) is 8.95. The highest BCUT2D eigenvalue weighted by molar-refractivity contribution is 5.88. The fraction of sp³-hybridized carbons (Fsp3) is 0.615. The number of nitrogens with one attached hydrogen (secondary N) is 1. The molecule has 5 nitrogen and oxygen atoms in total. The number of benzene rings is 1. The molecule has 170 valence electrons. The van der Waals surface area contributed by atoms with E-state index in [4.69, 9.17) is 0 Å². The average molecular weight is 427 g/mol. The fourth-order valence-corrected chi connectivity index (χ4v) is 5.03. The van der Waals surface area contributed by atoms with Crippen LogP contribution in [0.25, 0.3) is 10.9 Å². The van der Waals surface area contributed by atoms with E-state index in [9.17, 15) is 14.7 Å². The molecule has 0 saturated heterocycles. The number of para-hydroxylation sites is 1. The molecule has 5 heteroatoms. The summed E-state index contributed by atoms with van der Waals surface area (Å²) < 4.78 is 2.03. The third-order valence-electron chi connectivity index (χ3n) is 6.66. The highest BCUT2D eigenvalue weighted by Gasteiger charge is 2.30. The number of hydrogen-bond acceptors (Lipinski definition) is 2. The summed E-state index contributed by atoms with van der Waals surface area (Å²) in [6.07, 6.45) is 12.1. The first-order chi connectivity index (χ1) is 15.1. The van der Waals surface area contributed by atoms with Gasteiger partial charge in [-0.1, -0.05) is 70.6 Å². The summed E-state index contributed by atoms with van der Waals surface area (Å²) in [4.78, 5) is 24.4. The van der Waals surface area contributed by atoms with Crippen LogP contribution < -0.4 is 5.32 Å². The largest absolute Gasteiger partial charge is 0.480 e. The first kappa shape index (κ1) is 23.4. The zero-order valence-electron chi connectivity index (χ0n) is 19.2. The summed E-state index contributed by atoms with van der Waals surface area (Å²) >= 11 is 0. The minimum atomic E-state index is -0.781. The molecule has 0 fully saturated rings. The molecule has 1 aromatic heterocycles. The van der Waals surface area contributed by atoms with Crippen molar-refractivity contribution >= 4 is 22.8 Å². The Hall–Kier alpha value is -2.30. The predicted molar refractivity (Wildman–Crippen MR) is 125 cm³/mol. The topological polar surface area (TPSA) is 71.3 Å². The van der Waals surface area contributed by atoms with Gasteiger partial charge in [0.1, 0.15) is 6.04 Å². The smallest absolute Gasteiger partial charge is 0.326 e. The third kappa shape index (κ3) is 5.69. The summed E-state index contributed by atoms with van der Waals surface area (Å²) in [5, 5.41) is 14.1. The summed E-state index contributed by atoms with van der Waals surface area (Å²) in [7, 11) is 0. The molecule has 0 bridgehead atoms. The molecule has 0 spiro atoms. The quantitative estimate of drug-likeness (QED) is 0.422. The molecule has 1 heterocycles. The number of rotatable bonds is 12. The van der Waals surface area contributed by atoms with E-state index in [0.717, 1.165) is 48.7 Å². The van der Waals surface area contributed by atoms with E-state index in [2.05, 4.69) is 18.3 Å². The predicted octanol–water partition coefficient (Wildman–Crippen LogP) is 5.79. The number of unbranched alkanes of at least 4 members (excludes halogenated alkanes) is 6. The first-order valence-electron chi connectivity index (χ1n) is 12.2. The van der Waals surface area contributed by atoms with Gasteiger partial charge in [0.2, 0.25) is 5.91 Å². The van der Waals surface area contributed by atoms with E-state index in [-0.39, 0.29) is 11.9 Å². The van der Waals surface area contributed by atoms with Crippen molar-refractivity contribution < 1.29 is 14.7 Å². The van der Waals surface area contributed by atoms with E-state index in [1.54, 1.807) is 0 Å². The van der Waals surface area contributed by atoms with Crippen molar-refractivity contribution in [3.8, 4) is 0 Å². The van der Waals surface area contributed by atoms with Crippen LogP contribution in [0.3, 0.4) is 0 Å². The Morgan fingerprint density at radius 3 is 2.52 bits per heavy atom. The molecule has 1 amide bonds. The van der Waals surface area contributed by atoms with Crippen LogP contribution in [0, 0.1) is 0 Å². The summed E-state index contributed by atoms with van der Waals surface area (Å²) in [6, 6.07) is 7.68. The highest BCUT2D eigenvalue weighted by atomic mass is 16.4. The summed E-state index contributed by atoms with van der Waals surface area (Å²) in [5.41, 5.74) is 3.34. The lowest BCUT2D eigenvalue weighted by Gasteiger charge is -2.26. The normalized spacial score (nSPS) is 16.8. The molecule has 0 saturated carbocycles. The van der Waals surface area contributed by atoms with Crippen LogP contribution in [-0.2, 0) is 22.4 Å². The second kappa shape index (κ2) is 11.4. The molecule has 0 aliphatic heterocycles. The minimum Gasteiger partial charge on any atom is -0.480 e. The Balaban J connectivity index is 1.62. The van der Waals surface area contributed by atoms with Crippen LogP contribution in [0.15, 0.2) is 24.3 Å². The fourth-order valence-electron chi connectivity index (χ4n) is 5.03. The number of carboxylic acids is 1. The molecule has 1 aromatic carbocycles. The van der Waals surface area contributed by atoms with Crippen molar-refractivity contribution in [3.63, 3.8) is 0 Å². The molecule has 31 heavy (non-hydrogen) atoms. The molecule has 1 aliphatic rings. The molecule has 1 aliphatic carbocycles. The number of carbonyl (C=O) groups is 2. The Morgan fingerprint density at radius 2 is 1.81 bits per heavy atom. The van der Waals surface area contributed by atoms with Crippen molar-refractivity contribution in [1.82, 2.24) is 9.88 Å². The maximum atomic E-state index is 12.5. The van der Waals surface area contributed by atoms with Crippen molar-refractivity contribution in [2.45, 2.75) is 103 Å². The Kier molecular flexibility index (Phi) is 8.56. The van der Waals surface area contributed by atoms with E-state index < -0.39 is 12.0 Å². The lowest BCUT2D eigenvalue weighted by molar-refractivity contribution is -0.141. The van der Waals surface area contributed by atoms with Gasteiger partial charge in [-0.15, -0.1) is 0 Å². The first-order valence-corrected chi connectivity index (χ1v) is 12.2. The number of hydrogen-bond donors (Lipinski definition) is 2. The SMILES string of the molecule is CCCCCCCCCC(=O)NC1CCc2c(c3ccccc3n2C(CC)C(=O)O)C1. The van der Waals surface area contributed by atoms with Crippen molar-refractivity contribution in [1.29, 1.82) is 0 Å². The van der Waals surface area contributed by atoms with E-state index in [1.807, 2.05) is 29.7 Å². The highest BCUT2D eigenvalue weighted by Crippen LogP contribution is 2.35. The van der Waals surface area contributed by atoms with E-state index in [1.165, 1.54) is 37.7 Å². The number of fused-ring (bicyclic) bond motifs is 3. The van der Waals surface area contributed by atoms with Gasteiger partial charge in [0.15, 0.2) is 0 Å². The van der Waals surface area contributed by atoms with Gasteiger partial charge in [-0.25, -0.2) is 4.79 Å². The van der Waals surface area contributed by atoms with Crippen LogP contribution in [0.4, 0.5) is 0 Å². The molecule has 2 atom stereocenters. The molecule has 2 N–H and O–H groups in total. The number of nitrogens with zero attached hydrogens (tertiary/aromatic N) is 1. The van der Waals surface area contributed by atoms with Gasteiger partial charge in [-0.05, 0) is 43.7 Å². The number of carbonyl (C=O) groups excluding carboxylic acids is 1. The second-order valence-electron chi connectivity index (χ2n) is 8.95. The van der Waals surface area contributed by atoms with Crippen LogP contribution in [-0.4, -0.2) is 27.6 Å². The Labute approximate surface area is 186 Å². The average Bonchev–Trinajstić information content (AvgIpc) is 3.07. The number of carboxylic acid groups (broad SMARTS) is 1. The molecular weight excluding hydrogens is 388 g/mol.